The van der Waals surface area contributed by atoms with Gasteiger partial charge in [-0.05, 0) is 32.6 Å². The molecule has 0 radical (unpaired) electrons. The normalized spacial score (nSPS) is 27.2. The number of carbonyl (C=O) groups excluding carboxylic acids is 1. The molecule has 0 unspecified atom stereocenters. The molecule has 0 aromatic heterocycles. The second-order valence-electron chi connectivity index (χ2n) is 3.72. The van der Waals surface area contributed by atoms with Crippen LogP contribution in [-0.4, -0.2) is 11.9 Å². The minimum absolute atomic E-state index is 0. The molecule has 1 aliphatic rings. The molecular weight excluding hydrogens is 186 g/mol. The summed E-state index contributed by atoms with van der Waals surface area (Å²) in [6.07, 6.45) is 4.13. The molecule has 1 saturated carbocycles. The molecule has 76 valence electrons. The first-order valence-corrected chi connectivity index (χ1v) is 4.57. The van der Waals surface area contributed by atoms with Gasteiger partial charge in [-0.15, -0.1) is 12.4 Å². The maximum absolute atomic E-state index is 11.3. The summed E-state index contributed by atoms with van der Waals surface area (Å²) in [5.41, 5.74) is 0.814. The third-order valence-corrected chi connectivity index (χ3v) is 2.50. The molecule has 2 nitrogen and oxygen atoms in total. The Kier molecular flexibility index (Phi) is 5.07. The van der Waals surface area contributed by atoms with E-state index in [2.05, 4.69) is 12.2 Å². The molecule has 0 atom stereocenters. The highest BCUT2D eigenvalue weighted by molar-refractivity contribution is 5.92. The van der Waals surface area contributed by atoms with Crippen LogP contribution in [0.5, 0.6) is 0 Å². The monoisotopic (exact) mass is 203 g/mol. The number of allylic oxidation sites excluding steroid dienone is 1. The fraction of sp³-hybridized carbons (Fsp3) is 0.700. The van der Waals surface area contributed by atoms with Gasteiger partial charge in [0.25, 0.3) is 0 Å². The SMILES string of the molecule is C/C=C(/C)C(=O)NC1CC(C)C1.Cl. The van der Waals surface area contributed by atoms with Crippen molar-refractivity contribution in [3.8, 4) is 0 Å². The van der Waals surface area contributed by atoms with Crippen molar-refractivity contribution < 1.29 is 4.79 Å². The Labute approximate surface area is 86.2 Å². The predicted octanol–water partition coefficient (Wildman–Crippen LogP) is 2.29. The average molecular weight is 204 g/mol. The first-order valence-electron chi connectivity index (χ1n) is 4.57. The van der Waals surface area contributed by atoms with E-state index in [1.807, 2.05) is 19.9 Å². The van der Waals surface area contributed by atoms with Crippen molar-refractivity contribution in [3.63, 3.8) is 0 Å². The van der Waals surface area contributed by atoms with Gasteiger partial charge in [-0.25, -0.2) is 0 Å². The molecule has 0 spiro atoms. The van der Waals surface area contributed by atoms with Crippen molar-refractivity contribution in [1.82, 2.24) is 5.32 Å². The fourth-order valence-electron chi connectivity index (χ4n) is 1.45. The molecule has 13 heavy (non-hydrogen) atoms. The van der Waals surface area contributed by atoms with Crippen LogP contribution in [0.1, 0.15) is 33.6 Å². The van der Waals surface area contributed by atoms with E-state index in [0.29, 0.717) is 6.04 Å². The zero-order valence-corrected chi connectivity index (χ0v) is 9.28. The van der Waals surface area contributed by atoms with Crippen molar-refractivity contribution in [2.75, 3.05) is 0 Å². The van der Waals surface area contributed by atoms with Crippen LogP contribution in [0.15, 0.2) is 11.6 Å². The molecule has 0 heterocycles. The topological polar surface area (TPSA) is 29.1 Å². The first-order chi connectivity index (χ1) is 5.63. The molecule has 3 heteroatoms. The van der Waals surface area contributed by atoms with Crippen LogP contribution in [0, 0.1) is 5.92 Å². The maximum Gasteiger partial charge on any atom is 0.246 e. The van der Waals surface area contributed by atoms with Gasteiger partial charge in [0.1, 0.15) is 0 Å². The fourth-order valence-corrected chi connectivity index (χ4v) is 1.45. The zero-order chi connectivity index (χ0) is 9.14. The number of carbonyl (C=O) groups is 1. The summed E-state index contributed by atoms with van der Waals surface area (Å²) in [6, 6.07) is 0.433. The van der Waals surface area contributed by atoms with E-state index in [-0.39, 0.29) is 18.3 Å². The molecule has 0 aliphatic heterocycles. The highest BCUT2D eigenvalue weighted by Gasteiger charge is 2.26. The van der Waals surface area contributed by atoms with Gasteiger partial charge >= 0.3 is 0 Å². The van der Waals surface area contributed by atoms with Gasteiger partial charge in [-0.3, -0.25) is 4.79 Å². The minimum Gasteiger partial charge on any atom is -0.350 e. The molecule has 0 aromatic carbocycles. The van der Waals surface area contributed by atoms with Crippen LogP contribution >= 0.6 is 12.4 Å². The number of amides is 1. The van der Waals surface area contributed by atoms with E-state index in [1.54, 1.807) is 0 Å². The van der Waals surface area contributed by atoms with Gasteiger partial charge < -0.3 is 5.32 Å². The molecule has 1 N–H and O–H groups in total. The summed E-state index contributed by atoms with van der Waals surface area (Å²) in [5, 5.41) is 2.99. The second-order valence-corrected chi connectivity index (χ2v) is 3.72. The van der Waals surface area contributed by atoms with E-state index in [0.717, 1.165) is 24.3 Å². The highest BCUT2D eigenvalue weighted by atomic mass is 35.5. The van der Waals surface area contributed by atoms with E-state index >= 15 is 0 Å². The van der Waals surface area contributed by atoms with Gasteiger partial charge in [0.2, 0.25) is 5.91 Å². The lowest BCUT2D eigenvalue weighted by Gasteiger charge is -2.33. The van der Waals surface area contributed by atoms with Crippen LogP contribution in [0.3, 0.4) is 0 Å². The number of nitrogens with one attached hydrogen (secondary N) is 1. The largest absolute Gasteiger partial charge is 0.350 e. The quantitative estimate of drug-likeness (QED) is 0.686. The summed E-state index contributed by atoms with van der Waals surface area (Å²) >= 11 is 0. The van der Waals surface area contributed by atoms with Gasteiger partial charge in [-0.1, -0.05) is 13.0 Å². The summed E-state index contributed by atoms with van der Waals surface area (Å²) in [7, 11) is 0. The Bertz CT molecular complexity index is 207. The van der Waals surface area contributed by atoms with Crippen LogP contribution in [-0.2, 0) is 4.79 Å². The van der Waals surface area contributed by atoms with Gasteiger partial charge in [0, 0.05) is 11.6 Å². The van der Waals surface area contributed by atoms with Crippen molar-refractivity contribution in [2.24, 2.45) is 5.92 Å². The van der Waals surface area contributed by atoms with Crippen molar-refractivity contribution in [3.05, 3.63) is 11.6 Å². The van der Waals surface area contributed by atoms with E-state index in [1.165, 1.54) is 0 Å². The van der Waals surface area contributed by atoms with Gasteiger partial charge in [-0.2, -0.15) is 0 Å². The lowest BCUT2D eigenvalue weighted by atomic mass is 9.82. The molecule has 1 amide bonds. The van der Waals surface area contributed by atoms with Crippen LogP contribution in [0.4, 0.5) is 0 Å². The third-order valence-electron chi connectivity index (χ3n) is 2.50. The molecule has 1 aliphatic carbocycles. The number of halogens is 1. The zero-order valence-electron chi connectivity index (χ0n) is 8.46. The summed E-state index contributed by atoms with van der Waals surface area (Å²) < 4.78 is 0. The van der Waals surface area contributed by atoms with Gasteiger partial charge in [0.15, 0.2) is 0 Å². The molecule has 0 bridgehead atoms. The molecule has 1 fully saturated rings. The third kappa shape index (κ3) is 3.39. The molecule has 0 aromatic rings. The Balaban J connectivity index is 0.00000144. The Morgan fingerprint density at radius 2 is 2.00 bits per heavy atom. The number of hydrogen-bond acceptors (Lipinski definition) is 1. The summed E-state index contributed by atoms with van der Waals surface area (Å²) in [5.74, 6) is 0.885. The van der Waals surface area contributed by atoms with Crippen LogP contribution < -0.4 is 5.32 Å². The lowest BCUT2D eigenvalue weighted by Crippen LogP contribution is -2.43. The van der Waals surface area contributed by atoms with Crippen LogP contribution in [0.25, 0.3) is 0 Å². The average Bonchev–Trinajstić information content (AvgIpc) is 2.00. The van der Waals surface area contributed by atoms with Crippen molar-refractivity contribution in [1.29, 1.82) is 0 Å². The smallest absolute Gasteiger partial charge is 0.246 e. The van der Waals surface area contributed by atoms with E-state index in [9.17, 15) is 4.79 Å². The maximum atomic E-state index is 11.3. The molecular formula is C10H18ClNO. The minimum atomic E-state index is 0. The highest BCUT2D eigenvalue weighted by Crippen LogP contribution is 2.26. The molecule has 0 saturated heterocycles. The summed E-state index contributed by atoms with van der Waals surface area (Å²) in [6.45, 7) is 5.95. The lowest BCUT2D eigenvalue weighted by molar-refractivity contribution is -0.118. The molecule has 1 rings (SSSR count). The summed E-state index contributed by atoms with van der Waals surface area (Å²) in [4.78, 5) is 11.3. The van der Waals surface area contributed by atoms with E-state index in [4.69, 9.17) is 0 Å². The second kappa shape index (κ2) is 5.28. The standard InChI is InChI=1S/C10H17NO.ClH/c1-4-8(3)10(12)11-9-5-7(2)6-9;/h4,7,9H,5-6H2,1-3H3,(H,11,12);1H/b8-4-;. The number of hydrogen-bond donors (Lipinski definition) is 1. The Morgan fingerprint density at radius 3 is 2.38 bits per heavy atom. The predicted molar refractivity (Wildman–Crippen MR) is 57.0 cm³/mol. The first kappa shape index (κ1) is 12.5. The Hall–Kier alpha value is -0.500. The van der Waals surface area contributed by atoms with E-state index < -0.39 is 0 Å². The van der Waals surface area contributed by atoms with Crippen molar-refractivity contribution in [2.45, 2.75) is 39.7 Å². The van der Waals surface area contributed by atoms with Gasteiger partial charge in [0.05, 0.1) is 0 Å². The van der Waals surface area contributed by atoms with Crippen LogP contribution in [0.2, 0.25) is 0 Å². The van der Waals surface area contributed by atoms with Crippen molar-refractivity contribution >= 4 is 18.3 Å². The number of rotatable bonds is 2. The Morgan fingerprint density at radius 1 is 1.46 bits per heavy atom.